The smallest absolute Gasteiger partial charge is 0.251 e. The number of halogens is 1. The Morgan fingerprint density at radius 3 is 2.46 bits per heavy atom. The average Bonchev–Trinajstić information content (AvgIpc) is 1.82. The summed E-state index contributed by atoms with van der Waals surface area (Å²) in [6.45, 7) is 5.36. The number of nitrogens with zero attached hydrogens (tertiary/aromatic N) is 1. The van der Waals surface area contributed by atoms with Crippen LogP contribution in [-0.4, -0.2) is 9.97 Å². The zero-order chi connectivity index (χ0) is 9.35. The minimum atomic E-state index is -0.592. The van der Waals surface area contributed by atoms with E-state index in [0.29, 0.717) is 11.5 Å². The van der Waals surface area contributed by atoms with Crippen molar-refractivity contribution in [2.45, 2.75) is 26.3 Å². The highest BCUT2D eigenvalue weighted by Crippen LogP contribution is 2.09. The van der Waals surface area contributed by atoms with Crippen LogP contribution >= 0.6 is 12.4 Å². The first-order chi connectivity index (χ1) is 5.39. The van der Waals surface area contributed by atoms with Gasteiger partial charge < -0.3 is 10.7 Å². The summed E-state index contributed by atoms with van der Waals surface area (Å²) in [6.07, 6.45) is 0. The Morgan fingerprint density at radius 2 is 2.08 bits per heavy atom. The SMILES string of the molecule is Cc1cc(=O)[nH]c(C(C)(C)N)n1.Cl. The fraction of sp³-hybridized carbons (Fsp3) is 0.500. The van der Waals surface area contributed by atoms with Gasteiger partial charge >= 0.3 is 0 Å². The summed E-state index contributed by atoms with van der Waals surface area (Å²) in [7, 11) is 0. The Kier molecular flexibility index (Phi) is 3.63. The Morgan fingerprint density at radius 1 is 1.54 bits per heavy atom. The van der Waals surface area contributed by atoms with E-state index in [2.05, 4.69) is 9.97 Å². The van der Waals surface area contributed by atoms with E-state index in [0.717, 1.165) is 0 Å². The lowest BCUT2D eigenvalue weighted by Gasteiger charge is -2.16. The summed E-state index contributed by atoms with van der Waals surface area (Å²) in [5.41, 5.74) is 5.70. The second-order valence-corrected chi connectivity index (χ2v) is 3.46. The van der Waals surface area contributed by atoms with Gasteiger partial charge in [0.25, 0.3) is 5.56 Å². The van der Waals surface area contributed by atoms with Crippen LogP contribution in [0.1, 0.15) is 25.4 Å². The molecule has 0 aliphatic rings. The summed E-state index contributed by atoms with van der Waals surface area (Å²) in [5.74, 6) is 0.521. The molecule has 0 amide bonds. The van der Waals surface area contributed by atoms with Crippen LogP contribution in [0.25, 0.3) is 0 Å². The number of nitrogens with one attached hydrogen (secondary N) is 1. The lowest BCUT2D eigenvalue weighted by Crippen LogP contribution is -2.33. The van der Waals surface area contributed by atoms with Crippen LogP contribution in [0.2, 0.25) is 0 Å². The van der Waals surface area contributed by atoms with Gasteiger partial charge in [0.15, 0.2) is 0 Å². The molecule has 1 aromatic heterocycles. The third-order valence-corrected chi connectivity index (χ3v) is 1.48. The van der Waals surface area contributed by atoms with Crippen molar-refractivity contribution in [3.05, 3.63) is 27.9 Å². The number of aryl methyl sites for hydroxylation is 1. The second-order valence-electron chi connectivity index (χ2n) is 3.46. The molecule has 0 aliphatic heterocycles. The highest BCUT2D eigenvalue weighted by Gasteiger charge is 2.16. The minimum Gasteiger partial charge on any atom is -0.319 e. The van der Waals surface area contributed by atoms with Gasteiger partial charge in [-0.25, -0.2) is 4.98 Å². The molecule has 0 aromatic carbocycles. The molecule has 0 radical (unpaired) electrons. The van der Waals surface area contributed by atoms with E-state index in [-0.39, 0.29) is 18.0 Å². The van der Waals surface area contributed by atoms with Gasteiger partial charge in [-0.2, -0.15) is 0 Å². The minimum absolute atomic E-state index is 0. The predicted octanol–water partition coefficient (Wildman–Crippen LogP) is 0.694. The second kappa shape index (κ2) is 3.89. The number of hydrogen-bond acceptors (Lipinski definition) is 3. The molecule has 5 heteroatoms. The van der Waals surface area contributed by atoms with Gasteiger partial charge in [-0.05, 0) is 20.8 Å². The maximum atomic E-state index is 11.0. The maximum Gasteiger partial charge on any atom is 0.251 e. The summed E-state index contributed by atoms with van der Waals surface area (Å²) < 4.78 is 0. The number of rotatable bonds is 1. The van der Waals surface area contributed by atoms with Crippen molar-refractivity contribution in [2.24, 2.45) is 5.73 Å². The van der Waals surface area contributed by atoms with Crippen molar-refractivity contribution in [2.75, 3.05) is 0 Å². The molecule has 0 atom stereocenters. The average molecular weight is 204 g/mol. The predicted molar refractivity (Wildman–Crippen MR) is 54.1 cm³/mol. The monoisotopic (exact) mass is 203 g/mol. The quantitative estimate of drug-likeness (QED) is 0.706. The van der Waals surface area contributed by atoms with Crippen LogP contribution in [-0.2, 0) is 5.54 Å². The van der Waals surface area contributed by atoms with Gasteiger partial charge in [-0.1, -0.05) is 0 Å². The lowest BCUT2D eigenvalue weighted by molar-refractivity contribution is 0.509. The molecule has 3 N–H and O–H groups in total. The first kappa shape index (κ1) is 12.1. The van der Waals surface area contributed by atoms with Gasteiger partial charge in [0.05, 0.1) is 5.54 Å². The van der Waals surface area contributed by atoms with E-state index in [1.54, 1.807) is 20.8 Å². The largest absolute Gasteiger partial charge is 0.319 e. The first-order valence-electron chi connectivity index (χ1n) is 3.77. The summed E-state index contributed by atoms with van der Waals surface area (Å²) in [5, 5.41) is 0. The number of hydrogen-bond donors (Lipinski definition) is 2. The molecule has 0 saturated heterocycles. The zero-order valence-corrected chi connectivity index (χ0v) is 8.73. The standard InChI is InChI=1S/C8H13N3O.ClH/c1-5-4-6(12)11-7(10-5)8(2,3)9;/h4H,9H2,1-3H3,(H,10,11,12);1H. The van der Waals surface area contributed by atoms with Crippen LogP contribution in [0, 0.1) is 6.92 Å². The molecule has 4 nitrogen and oxygen atoms in total. The molecule has 0 fully saturated rings. The van der Waals surface area contributed by atoms with E-state index >= 15 is 0 Å². The van der Waals surface area contributed by atoms with Crippen LogP contribution < -0.4 is 11.3 Å². The molecule has 1 heterocycles. The first-order valence-corrected chi connectivity index (χ1v) is 3.77. The molecule has 1 rings (SSSR count). The van der Waals surface area contributed by atoms with Crippen molar-refractivity contribution in [1.29, 1.82) is 0 Å². The fourth-order valence-electron chi connectivity index (χ4n) is 0.884. The van der Waals surface area contributed by atoms with Crippen molar-refractivity contribution in [1.82, 2.24) is 9.97 Å². The van der Waals surface area contributed by atoms with Crippen LogP contribution in [0.3, 0.4) is 0 Å². The molecule has 13 heavy (non-hydrogen) atoms. The molecular formula is C8H14ClN3O. The Bertz CT molecular complexity index is 340. The Hall–Kier alpha value is -0.870. The van der Waals surface area contributed by atoms with Crippen LogP contribution in [0.5, 0.6) is 0 Å². The van der Waals surface area contributed by atoms with E-state index < -0.39 is 5.54 Å². The zero-order valence-electron chi connectivity index (χ0n) is 7.92. The normalized spacial score (nSPS) is 10.8. The molecule has 1 aromatic rings. The molecular weight excluding hydrogens is 190 g/mol. The summed E-state index contributed by atoms with van der Waals surface area (Å²) in [6, 6.07) is 1.44. The third kappa shape index (κ3) is 3.16. The van der Waals surface area contributed by atoms with E-state index in [1.807, 2.05) is 0 Å². The molecule has 0 spiro atoms. The van der Waals surface area contributed by atoms with Crippen LogP contribution in [0.15, 0.2) is 10.9 Å². The number of aromatic amines is 1. The fourth-order valence-corrected chi connectivity index (χ4v) is 0.884. The highest BCUT2D eigenvalue weighted by atomic mass is 35.5. The van der Waals surface area contributed by atoms with E-state index in [1.165, 1.54) is 6.07 Å². The number of nitrogens with two attached hydrogens (primary N) is 1. The van der Waals surface area contributed by atoms with Crippen molar-refractivity contribution in [3.8, 4) is 0 Å². The van der Waals surface area contributed by atoms with Gasteiger partial charge in [0.2, 0.25) is 0 Å². The van der Waals surface area contributed by atoms with Crippen LogP contribution in [0.4, 0.5) is 0 Å². The molecule has 0 unspecified atom stereocenters. The van der Waals surface area contributed by atoms with E-state index in [4.69, 9.17) is 5.73 Å². The summed E-state index contributed by atoms with van der Waals surface area (Å²) >= 11 is 0. The Labute approximate surface area is 83.0 Å². The Balaban J connectivity index is 0.00000144. The summed E-state index contributed by atoms with van der Waals surface area (Å²) in [4.78, 5) is 17.7. The molecule has 0 saturated carbocycles. The maximum absolute atomic E-state index is 11.0. The molecule has 74 valence electrons. The van der Waals surface area contributed by atoms with Gasteiger partial charge in [-0.15, -0.1) is 12.4 Å². The number of H-pyrrole nitrogens is 1. The highest BCUT2D eigenvalue weighted by molar-refractivity contribution is 5.85. The van der Waals surface area contributed by atoms with Gasteiger partial charge in [0.1, 0.15) is 5.82 Å². The third-order valence-electron chi connectivity index (χ3n) is 1.48. The van der Waals surface area contributed by atoms with Gasteiger partial charge in [0, 0.05) is 11.8 Å². The van der Waals surface area contributed by atoms with Crippen molar-refractivity contribution >= 4 is 12.4 Å². The molecule has 0 bridgehead atoms. The lowest BCUT2D eigenvalue weighted by atomic mass is 10.1. The topological polar surface area (TPSA) is 71.8 Å². The van der Waals surface area contributed by atoms with Crippen molar-refractivity contribution < 1.29 is 0 Å². The van der Waals surface area contributed by atoms with E-state index in [9.17, 15) is 4.79 Å². The van der Waals surface area contributed by atoms with Gasteiger partial charge in [-0.3, -0.25) is 4.79 Å². The molecule has 0 aliphatic carbocycles. The number of aromatic nitrogens is 2. The van der Waals surface area contributed by atoms with Crippen molar-refractivity contribution in [3.63, 3.8) is 0 Å².